The Morgan fingerprint density at radius 2 is 1.76 bits per heavy atom. The first-order valence-electron chi connectivity index (χ1n) is 7.09. The zero-order valence-corrected chi connectivity index (χ0v) is 11.8. The molecule has 0 fully saturated rings. The average molecular weight is 243 g/mol. The third-order valence-electron chi connectivity index (χ3n) is 2.85. The molecule has 0 radical (unpaired) electrons. The van der Waals surface area contributed by atoms with Gasteiger partial charge in [-0.2, -0.15) is 0 Å². The zero-order valence-electron chi connectivity index (χ0n) is 11.8. The largest absolute Gasteiger partial charge is 0.465 e. The molecule has 0 bridgehead atoms. The number of rotatable bonds is 11. The van der Waals surface area contributed by atoms with Crippen LogP contribution in [0.1, 0.15) is 59.3 Å². The van der Waals surface area contributed by atoms with E-state index in [4.69, 9.17) is 4.74 Å². The number of hydrogen-bond donors (Lipinski definition) is 1. The molecule has 0 saturated heterocycles. The highest BCUT2D eigenvalue weighted by Crippen LogP contribution is 2.05. The highest BCUT2D eigenvalue weighted by Gasteiger charge is 2.12. The molecule has 1 unspecified atom stereocenters. The van der Waals surface area contributed by atoms with Crippen LogP contribution in [-0.4, -0.2) is 25.7 Å². The molecule has 0 spiro atoms. The quantitative estimate of drug-likeness (QED) is 0.447. The summed E-state index contributed by atoms with van der Waals surface area (Å²) in [5, 5.41) is 3.15. The number of unbranched alkanes of at least 4 members (excludes halogenated alkanes) is 5. The van der Waals surface area contributed by atoms with Crippen LogP contribution < -0.4 is 5.32 Å². The molecule has 0 saturated carbocycles. The molecule has 3 nitrogen and oxygen atoms in total. The molecule has 0 heterocycles. The number of esters is 1. The van der Waals surface area contributed by atoms with Gasteiger partial charge in [0.2, 0.25) is 0 Å². The van der Waals surface area contributed by atoms with E-state index in [9.17, 15) is 4.79 Å². The van der Waals surface area contributed by atoms with Gasteiger partial charge in [0.25, 0.3) is 0 Å². The normalized spacial score (nSPS) is 12.4. The predicted molar refractivity (Wildman–Crippen MR) is 72.0 cm³/mol. The summed E-state index contributed by atoms with van der Waals surface area (Å²) in [7, 11) is 0. The first-order chi connectivity index (χ1) is 8.22. The molecule has 1 N–H and O–H groups in total. The fourth-order valence-electron chi connectivity index (χ4n) is 1.64. The Kier molecular flexibility index (Phi) is 11.5. The second-order valence-electron chi connectivity index (χ2n) is 4.64. The SMILES string of the molecule is CCCCCCCCOC(=O)C(C)CNCC. The maximum Gasteiger partial charge on any atom is 0.309 e. The molecule has 0 rings (SSSR count). The Balaban J connectivity index is 3.32. The van der Waals surface area contributed by atoms with Crippen LogP contribution in [0.2, 0.25) is 0 Å². The monoisotopic (exact) mass is 243 g/mol. The van der Waals surface area contributed by atoms with Crippen molar-refractivity contribution >= 4 is 5.97 Å². The van der Waals surface area contributed by atoms with Gasteiger partial charge in [-0.3, -0.25) is 4.79 Å². The van der Waals surface area contributed by atoms with Crippen LogP contribution in [0.25, 0.3) is 0 Å². The molecule has 0 aromatic heterocycles. The van der Waals surface area contributed by atoms with Crippen LogP contribution >= 0.6 is 0 Å². The van der Waals surface area contributed by atoms with Crippen molar-refractivity contribution in [3.63, 3.8) is 0 Å². The third kappa shape index (κ3) is 10.3. The minimum atomic E-state index is -0.0699. The first-order valence-corrected chi connectivity index (χ1v) is 7.09. The number of nitrogens with one attached hydrogen (secondary N) is 1. The Labute approximate surface area is 106 Å². The number of ether oxygens (including phenoxy) is 1. The average Bonchev–Trinajstić information content (AvgIpc) is 2.34. The van der Waals surface area contributed by atoms with Gasteiger partial charge >= 0.3 is 5.97 Å². The Morgan fingerprint density at radius 3 is 2.41 bits per heavy atom. The fraction of sp³-hybridized carbons (Fsp3) is 0.929. The Hall–Kier alpha value is -0.570. The van der Waals surface area contributed by atoms with Gasteiger partial charge in [-0.15, -0.1) is 0 Å². The summed E-state index contributed by atoms with van der Waals surface area (Å²) in [6.07, 6.45) is 7.34. The minimum Gasteiger partial charge on any atom is -0.465 e. The highest BCUT2D eigenvalue weighted by molar-refractivity contribution is 5.72. The van der Waals surface area contributed by atoms with Gasteiger partial charge < -0.3 is 10.1 Å². The lowest BCUT2D eigenvalue weighted by Crippen LogP contribution is -2.27. The van der Waals surface area contributed by atoms with E-state index in [0.29, 0.717) is 13.2 Å². The van der Waals surface area contributed by atoms with E-state index >= 15 is 0 Å². The van der Waals surface area contributed by atoms with Crippen molar-refractivity contribution < 1.29 is 9.53 Å². The maximum absolute atomic E-state index is 11.5. The number of carbonyl (C=O) groups is 1. The third-order valence-corrected chi connectivity index (χ3v) is 2.85. The predicted octanol–water partition coefficient (Wildman–Crippen LogP) is 3.14. The van der Waals surface area contributed by atoms with Crippen molar-refractivity contribution in [2.75, 3.05) is 19.7 Å². The van der Waals surface area contributed by atoms with Crippen molar-refractivity contribution in [3.8, 4) is 0 Å². The Morgan fingerprint density at radius 1 is 1.12 bits per heavy atom. The second kappa shape index (κ2) is 11.9. The lowest BCUT2D eigenvalue weighted by Gasteiger charge is -2.11. The van der Waals surface area contributed by atoms with Gasteiger partial charge in [0.1, 0.15) is 0 Å². The minimum absolute atomic E-state index is 0.0324. The highest BCUT2D eigenvalue weighted by atomic mass is 16.5. The van der Waals surface area contributed by atoms with Gasteiger partial charge in [-0.25, -0.2) is 0 Å². The molecule has 0 amide bonds. The molecule has 1 atom stereocenters. The molecule has 102 valence electrons. The van der Waals surface area contributed by atoms with E-state index in [-0.39, 0.29) is 11.9 Å². The van der Waals surface area contributed by atoms with Gasteiger partial charge in [0.05, 0.1) is 12.5 Å². The van der Waals surface area contributed by atoms with Crippen molar-refractivity contribution in [2.24, 2.45) is 5.92 Å². The molecular weight excluding hydrogens is 214 g/mol. The van der Waals surface area contributed by atoms with Crippen molar-refractivity contribution in [2.45, 2.75) is 59.3 Å². The number of carbonyl (C=O) groups excluding carboxylic acids is 1. The van der Waals surface area contributed by atoms with Crippen LogP contribution in [0, 0.1) is 5.92 Å². The molecule has 0 aromatic carbocycles. The van der Waals surface area contributed by atoms with E-state index in [2.05, 4.69) is 12.2 Å². The van der Waals surface area contributed by atoms with Crippen molar-refractivity contribution in [1.82, 2.24) is 5.32 Å². The lowest BCUT2D eigenvalue weighted by molar-refractivity contribution is -0.147. The molecule has 17 heavy (non-hydrogen) atoms. The molecule has 3 heteroatoms. The molecular formula is C14H29NO2. The van der Waals surface area contributed by atoms with Crippen LogP contribution in [0.3, 0.4) is 0 Å². The van der Waals surface area contributed by atoms with Crippen molar-refractivity contribution in [3.05, 3.63) is 0 Å². The van der Waals surface area contributed by atoms with E-state index in [1.807, 2.05) is 13.8 Å². The number of hydrogen-bond acceptors (Lipinski definition) is 3. The topological polar surface area (TPSA) is 38.3 Å². The van der Waals surface area contributed by atoms with E-state index in [1.54, 1.807) is 0 Å². The zero-order chi connectivity index (χ0) is 12.9. The summed E-state index contributed by atoms with van der Waals surface area (Å²) in [4.78, 5) is 11.5. The summed E-state index contributed by atoms with van der Waals surface area (Å²) in [6.45, 7) is 8.36. The second-order valence-corrected chi connectivity index (χ2v) is 4.64. The summed E-state index contributed by atoms with van der Waals surface area (Å²) in [5.74, 6) is -0.102. The van der Waals surface area contributed by atoms with Crippen LogP contribution in [0.5, 0.6) is 0 Å². The van der Waals surface area contributed by atoms with Crippen LogP contribution in [0.15, 0.2) is 0 Å². The summed E-state index contributed by atoms with van der Waals surface area (Å²) >= 11 is 0. The van der Waals surface area contributed by atoms with Gasteiger partial charge in [0, 0.05) is 6.54 Å². The molecule has 0 aliphatic rings. The lowest BCUT2D eigenvalue weighted by atomic mass is 10.1. The molecule has 0 aromatic rings. The summed E-state index contributed by atoms with van der Waals surface area (Å²) in [6, 6.07) is 0. The van der Waals surface area contributed by atoms with E-state index in [1.165, 1.54) is 32.1 Å². The molecule has 0 aliphatic heterocycles. The Bertz CT molecular complexity index is 183. The van der Waals surface area contributed by atoms with Crippen LogP contribution in [0.4, 0.5) is 0 Å². The fourth-order valence-corrected chi connectivity index (χ4v) is 1.64. The van der Waals surface area contributed by atoms with Crippen LogP contribution in [-0.2, 0) is 9.53 Å². The summed E-state index contributed by atoms with van der Waals surface area (Å²) in [5.41, 5.74) is 0. The first kappa shape index (κ1) is 16.4. The van der Waals surface area contributed by atoms with Gasteiger partial charge in [-0.05, 0) is 13.0 Å². The van der Waals surface area contributed by atoms with Crippen molar-refractivity contribution in [1.29, 1.82) is 0 Å². The maximum atomic E-state index is 11.5. The smallest absolute Gasteiger partial charge is 0.309 e. The summed E-state index contributed by atoms with van der Waals surface area (Å²) < 4.78 is 5.23. The van der Waals surface area contributed by atoms with E-state index in [0.717, 1.165) is 13.0 Å². The van der Waals surface area contributed by atoms with E-state index < -0.39 is 0 Å². The van der Waals surface area contributed by atoms with Gasteiger partial charge in [-0.1, -0.05) is 52.9 Å². The molecule has 0 aliphatic carbocycles. The van der Waals surface area contributed by atoms with Gasteiger partial charge in [0.15, 0.2) is 0 Å². The standard InChI is InChI=1S/C14H29NO2/c1-4-6-7-8-9-10-11-17-14(16)13(3)12-15-5-2/h13,15H,4-12H2,1-3H3.